The Hall–Kier alpha value is -1.10. The van der Waals surface area contributed by atoms with Crippen LogP contribution in [0.15, 0.2) is 30.3 Å². The molecule has 0 aromatic heterocycles. The van der Waals surface area contributed by atoms with E-state index >= 15 is 0 Å². The van der Waals surface area contributed by atoms with E-state index in [1.165, 1.54) is 18.4 Å². The molecule has 22 heavy (non-hydrogen) atoms. The maximum atomic E-state index is 12.2. The Bertz CT molecular complexity index is 437. The molecule has 2 N–H and O–H groups in total. The van der Waals surface area contributed by atoms with E-state index in [1.807, 2.05) is 18.0 Å². The van der Waals surface area contributed by atoms with E-state index in [4.69, 9.17) is 5.73 Å². The first kappa shape index (κ1) is 18.9. The van der Waals surface area contributed by atoms with E-state index in [-0.39, 0.29) is 18.3 Å². The minimum absolute atomic E-state index is 0. The number of amides is 1. The number of hydrogen-bond donors (Lipinski definition) is 1. The highest BCUT2D eigenvalue weighted by atomic mass is 35.5. The lowest BCUT2D eigenvalue weighted by molar-refractivity contribution is -0.131. The van der Waals surface area contributed by atoms with Crippen molar-refractivity contribution in [2.45, 2.75) is 19.3 Å². The topological polar surface area (TPSA) is 49.6 Å². The Morgan fingerprint density at radius 1 is 1.23 bits per heavy atom. The highest BCUT2D eigenvalue weighted by molar-refractivity contribution is 5.85. The molecule has 1 amide bonds. The van der Waals surface area contributed by atoms with Gasteiger partial charge in [-0.2, -0.15) is 0 Å². The van der Waals surface area contributed by atoms with E-state index < -0.39 is 0 Å². The average molecular weight is 326 g/mol. The second-order valence-corrected chi connectivity index (χ2v) is 6.02. The fourth-order valence-electron chi connectivity index (χ4n) is 2.49. The summed E-state index contributed by atoms with van der Waals surface area (Å²) in [5.41, 5.74) is 6.98. The molecule has 5 heteroatoms. The van der Waals surface area contributed by atoms with Crippen LogP contribution in [-0.2, 0) is 11.2 Å². The van der Waals surface area contributed by atoms with Crippen molar-refractivity contribution in [3.63, 3.8) is 0 Å². The molecule has 0 radical (unpaired) electrons. The summed E-state index contributed by atoms with van der Waals surface area (Å²) >= 11 is 0. The van der Waals surface area contributed by atoms with Crippen molar-refractivity contribution in [1.82, 2.24) is 9.80 Å². The van der Waals surface area contributed by atoms with Gasteiger partial charge in [0.05, 0.1) is 6.54 Å². The summed E-state index contributed by atoms with van der Waals surface area (Å²) in [6.45, 7) is 3.63. The number of carbonyl (C=O) groups is 1. The molecule has 0 saturated heterocycles. The molecule has 0 unspecified atom stereocenters. The Morgan fingerprint density at radius 3 is 2.50 bits per heavy atom. The molecule has 1 saturated carbocycles. The fraction of sp³-hybridized carbons (Fsp3) is 0.588. The third kappa shape index (κ3) is 6.77. The molecule has 1 fully saturated rings. The standard InChI is InChI=1S/C17H27N3O.ClH/c1-19(13-16-7-8-16)17(21)14-20(12-10-18)11-9-15-5-3-2-4-6-15;/h2-6,16H,7-14,18H2,1H3;1H. The maximum absolute atomic E-state index is 12.2. The Balaban J connectivity index is 0.00000242. The lowest BCUT2D eigenvalue weighted by atomic mass is 10.1. The third-order valence-electron chi connectivity index (χ3n) is 4.02. The highest BCUT2D eigenvalue weighted by Crippen LogP contribution is 2.29. The summed E-state index contributed by atoms with van der Waals surface area (Å²) in [4.78, 5) is 16.3. The number of likely N-dealkylation sites (N-methyl/N-ethyl adjacent to an activating group) is 1. The summed E-state index contributed by atoms with van der Waals surface area (Å²) in [6, 6.07) is 10.4. The summed E-state index contributed by atoms with van der Waals surface area (Å²) in [5.74, 6) is 0.953. The molecule has 1 aliphatic rings. The predicted octanol–water partition coefficient (Wildman–Crippen LogP) is 1.78. The lowest BCUT2D eigenvalue weighted by Crippen LogP contribution is -2.41. The Labute approximate surface area is 140 Å². The number of carbonyl (C=O) groups excluding carboxylic acids is 1. The molecular formula is C17H28ClN3O. The number of nitrogens with two attached hydrogens (primary N) is 1. The first-order chi connectivity index (χ1) is 10.2. The third-order valence-corrected chi connectivity index (χ3v) is 4.02. The molecule has 4 nitrogen and oxygen atoms in total. The Morgan fingerprint density at radius 2 is 1.91 bits per heavy atom. The molecule has 0 bridgehead atoms. The van der Waals surface area contributed by atoms with Crippen molar-refractivity contribution in [3.8, 4) is 0 Å². The van der Waals surface area contributed by atoms with Crippen LogP contribution in [0.3, 0.4) is 0 Å². The minimum Gasteiger partial charge on any atom is -0.344 e. The number of hydrogen-bond acceptors (Lipinski definition) is 3. The van der Waals surface area contributed by atoms with Gasteiger partial charge in [-0.15, -0.1) is 12.4 Å². The van der Waals surface area contributed by atoms with Crippen LogP contribution in [0, 0.1) is 5.92 Å². The molecule has 1 aromatic rings. The molecule has 0 heterocycles. The van der Waals surface area contributed by atoms with Gasteiger partial charge in [-0.25, -0.2) is 0 Å². The summed E-state index contributed by atoms with van der Waals surface area (Å²) < 4.78 is 0. The van der Waals surface area contributed by atoms with Crippen LogP contribution < -0.4 is 5.73 Å². The number of benzene rings is 1. The SMILES string of the molecule is CN(CC1CC1)C(=O)CN(CCN)CCc1ccccc1.Cl. The van der Waals surface area contributed by atoms with Gasteiger partial charge < -0.3 is 10.6 Å². The summed E-state index contributed by atoms with van der Waals surface area (Å²) in [5, 5.41) is 0. The van der Waals surface area contributed by atoms with Gasteiger partial charge in [-0.3, -0.25) is 9.69 Å². The zero-order valence-electron chi connectivity index (χ0n) is 13.4. The van der Waals surface area contributed by atoms with Crippen LogP contribution in [0.25, 0.3) is 0 Å². The molecule has 124 valence electrons. The van der Waals surface area contributed by atoms with Gasteiger partial charge in [0, 0.05) is 33.2 Å². The van der Waals surface area contributed by atoms with Crippen molar-refractivity contribution >= 4 is 18.3 Å². The van der Waals surface area contributed by atoms with Gasteiger partial charge in [0.15, 0.2) is 0 Å². The van der Waals surface area contributed by atoms with Gasteiger partial charge in [0.1, 0.15) is 0 Å². The maximum Gasteiger partial charge on any atom is 0.236 e. The second-order valence-electron chi connectivity index (χ2n) is 6.02. The molecule has 1 aromatic carbocycles. The van der Waals surface area contributed by atoms with E-state index in [1.54, 1.807) is 0 Å². The normalized spacial score (nSPS) is 13.8. The van der Waals surface area contributed by atoms with Crippen LogP contribution in [0.5, 0.6) is 0 Å². The van der Waals surface area contributed by atoms with Gasteiger partial charge >= 0.3 is 0 Å². The monoisotopic (exact) mass is 325 g/mol. The van der Waals surface area contributed by atoms with Gasteiger partial charge in [-0.1, -0.05) is 30.3 Å². The average Bonchev–Trinajstić information content (AvgIpc) is 3.30. The van der Waals surface area contributed by atoms with Gasteiger partial charge in [0.25, 0.3) is 0 Å². The predicted molar refractivity (Wildman–Crippen MR) is 93.2 cm³/mol. The van der Waals surface area contributed by atoms with Crippen LogP contribution in [0.2, 0.25) is 0 Å². The minimum atomic E-state index is 0. The van der Waals surface area contributed by atoms with E-state index in [2.05, 4.69) is 29.2 Å². The molecule has 0 atom stereocenters. The van der Waals surface area contributed by atoms with Crippen molar-refractivity contribution in [2.24, 2.45) is 11.7 Å². The quantitative estimate of drug-likeness (QED) is 0.753. The number of halogens is 1. The van der Waals surface area contributed by atoms with Crippen LogP contribution in [0.4, 0.5) is 0 Å². The molecule has 0 aliphatic heterocycles. The Kier molecular flexibility index (Phi) is 8.46. The van der Waals surface area contributed by atoms with Crippen molar-refractivity contribution < 1.29 is 4.79 Å². The van der Waals surface area contributed by atoms with E-state index in [0.717, 1.165) is 32.0 Å². The summed E-state index contributed by atoms with van der Waals surface area (Å²) in [6.07, 6.45) is 3.51. The first-order valence-electron chi connectivity index (χ1n) is 7.89. The smallest absolute Gasteiger partial charge is 0.236 e. The van der Waals surface area contributed by atoms with Gasteiger partial charge in [0.2, 0.25) is 5.91 Å². The first-order valence-corrected chi connectivity index (χ1v) is 7.89. The van der Waals surface area contributed by atoms with E-state index in [9.17, 15) is 4.79 Å². The molecular weight excluding hydrogens is 298 g/mol. The fourth-order valence-corrected chi connectivity index (χ4v) is 2.49. The molecule has 0 spiro atoms. The van der Waals surface area contributed by atoms with Crippen molar-refractivity contribution in [1.29, 1.82) is 0 Å². The van der Waals surface area contributed by atoms with Gasteiger partial charge in [-0.05, 0) is 30.7 Å². The van der Waals surface area contributed by atoms with Crippen LogP contribution in [-0.4, -0.2) is 55.5 Å². The number of rotatable bonds is 9. The molecule has 1 aliphatic carbocycles. The zero-order valence-corrected chi connectivity index (χ0v) is 14.2. The number of nitrogens with zero attached hydrogens (tertiary/aromatic N) is 2. The van der Waals surface area contributed by atoms with E-state index in [0.29, 0.717) is 13.1 Å². The second kappa shape index (κ2) is 9.82. The lowest BCUT2D eigenvalue weighted by Gasteiger charge is -2.24. The zero-order chi connectivity index (χ0) is 15.1. The van der Waals surface area contributed by atoms with Crippen molar-refractivity contribution in [3.05, 3.63) is 35.9 Å². The largest absolute Gasteiger partial charge is 0.344 e. The van der Waals surface area contributed by atoms with Crippen LogP contribution in [0.1, 0.15) is 18.4 Å². The molecule has 2 rings (SSSR count). The summed E-state index contributed by atoms with van der Waals surface area (Å²) in [7, 11) is 1.92. The highest BCUT2D eigenvalue weighted by Gasteiger charge is 2.25. The van der Waals surface area contributed by atoms with Crippen molar-refractivity contribution in [2.75, 3.05) is 39.8 Å². The van der Waals surface area contributed by atoms with Crippen LogP contribution >= 0.6 is 12.4 Å².